The Morgan fingerprint density at radius 2 is 1.33 bits per heavy atom. The molecule has 0 radical (unpaired) electrons. The maximum absolute atomic E-state index is 12.5. The zero-order valence-corrected chi connectivity index (χ0v) is 21.7. The molecule has 0 aliphatic heterocycles. The van der Waals surface area contributed by atoms with Gasteiger partial charge in [-0.3, -0.25) is 15.1 Å². The smallest absolute Gasteiger partial charge is 0.475 e. The van der Waals surface area contributed by atoms with Gasteiger partial charge >= 0.3 is 24.3 Å². The second kappa shape index (κ2) is 17.0. The third-order valence-electron chi connectivity index (χ3n) is 4.99. The molecule has 3 rings (SSSR count). The summed E-state index contributed by atoms with van der Waals surface area (Å²) in [5.41, 5.74) is 9.14. The van der Waals surface area contributed by atoms with Crippen molar-refractivity contribution in [1.29, 1.82) is 0 Å². The molecule has 42 heavy (non-hydrogen) atoms. The monoisotopic (exact) mass is 603 g/mol. The maximum Gasteiger partial charge on any atom is 0.490 e. The first-order valence-electron chi connectivity index (χ1n) is 11.9. The molecule has 0 atom stereocenters. The number of carboxylic acids is 2. The number of hydrogen-bond acceptors (Lipinski definition) is 5. The Kier molecular flexibility index (Phi) is 14.3. The summed E-state index contributed by atoms with van der Waals surface area (Å²) >= 11 is 0. The van der Waals surface area contributed by atoms with Crippen LogP contribution in [0.2, 0.25) is 0 Å². The van der Waals surface area contributed by atoms with Gasteiger partial charge in [-0.25, -0.2) is 14.6 Å². The standard InChI is InChI=1S/C22H25N5O.2C2HF3O2/c23-22(25-13-7-12-19-15-24-16-26-19)27-21(28)14-20(17-8-3-1-4-9-17)18-10-5-2-6-11-18;2*3-2(4,5)1(6)7/h1-6,8-11,15-16,20H,7,12-14H2,(H,24,26)(H3,23,25,27,28);2*(H,6,7). The molecule has 0 saturated heterocycles. The van der Waals surface area contributed by atoms with Crippen molar-refractivity contribution < 1.29 is 50.9 Å². The molecule has 1 aromatic heterocycles. The second-order valence-corrected chi connectivity index (χ2v) is 8.18. The number of nitrogens with one attached hydrogen (secondary N) is 2. The summed E-state index contributed by atoms with van der Waals surface area (Å²) in [4.78, 5) is 41.6. The lowest BCUT2D eigenvalue weighted by molar-refractivity contribution is -0.193. The number of rotatable bonds is 8. The van der Waals surface area contributed by atoms with Gasteiger partial charge in [0.05, 0.1) is 6.33 Å². The fraction of sp³-hybridized carbons (Fsp3) is 0.269. The molecule has 0 unspecified atom stereocenters. The van der Waals surface area contributed by atoms with Crippen molar-refractivity contribution >= 4 is 23.8 Å². The van der Waals surface area contributed by atoms with Crippen LogP contribution in [0.1, 0.15) is 35.6 Å². The molecule has 1 amide bonds. The van der Waals surface area contributed by atoms with E-state index in [1.165, 1.54) is 0 Å². The molecule has 0 spiro atoms. The Labute approximate surface area is 235 Å². The highest BCUT2D eigenvalue weighted by molar-refractivity contribution is 5.96. The number of nitrogens with zero attached hydrogens (tertiary/aromatic N) is 2. The highest BCUT2D eigenvalue weighted by atomic mass is 19.4. The minimum atomic E-state index is -5.08. The van der Waals surface area contributed by atoms with Crippen molar-refractivity contribution in [2.45, 2.75) is 37.5 Å². The van der Waals surface area contributed by atoms with Gasteiger partial charge in [0.1, 0.15) is 0 Å². The number of hydrogen-bond donors (Lipinski definition) is 5. The van der Waals surface area contributed by atoms with Gasteiger partial charge in [0.2, 0.25) is 5.91 Å². The van der Waals surface area contributed by atoms with E-state index in [2.05, 4.69) is 20.3 Å². The molecule has 3 aromatic rings. The quantitative estimate of drug-likeness (QED) is 0.111. The Morgan fingerprint density at radius 1 is 0.881 bits per heavy atom. The van der Waals surface area contributed by atoms with E-state index in [0.29, 0.717) is 13.0 Å². The number of amides is 1. The number of guanidine groups is 1. The molecular weight excluding hydrogens is 576 g/mol. The fourth-order valence-corrected chi connectivity index (χ4v) is 3.11. The van der Waals surface area contributed by atoms with Crippen LogP contribution in [-0.4, -0.2) is 62.9 Å². The SMILES string of the molecule is NC(=NCCCc1cnc[nH]1)NC(=O)CC(c1ccccc1)c1ccccc1.O=C(O)C(F)(F)F.O=C(O)C(F)(F)F. The lowest BCUT2D eigenvalue weighted by atomic mass is 9.88. The van der Waals surface area contributed by atoms with Crippen molar-refractivity contribution in [3.05, 3.63) is 90.0 Å². The average molecular weight is 604 g/mol. The van der Waals surface area contributed by atoms with Gasteiger partial charge in [0.25, 0.3) is 0 Å². The number of H-pyrrole nitrogens is 1. The lowest BCUT2D eigenvalue weighted by Crippen LogP contribution is -2.37. The normalized spacial score (nSPS) is 11.5. The van der Waals surface area contributed by atoms with Gasteiger partial charge in [0.15, 0.2) is 5.96 Å². The van der Waals surface area contributed by atoms with Crippen molar-refractivity contribution in [2.24, 2.45) is 10.7 Å². The summed E-state index contributed by atoms with van der Waals surface area (Å²) in [5.74, 6) is -5.53. The van der Waals surface area contributed by atoms with Gasteiger partial charge in [0, 0.05) is 30.8 Å². The number of halogens is 6. The zero-order valence-electron chi connectivity index (χ0n) is 21.7. The molecule has 6 N–H and O–H groups in total. The zero-order chi connectivity index (χ0) is 31.8. The van der Waals surface area contributed by atoms with E-state index in [-0.39, 0.29) is 17.8 Å². The van der Waals surface area contributed by atoms with Gasteiger partial charge < -0.3 is 20.9 Å². The number of nitrogens with two attached hydrogens (primary N) is 1. The molecule has 16 heteroatoms. The lowest BCUT2D eigenvalue weighted by Gasteiger charge is -2.17. The first-order chi connectivity index (χ1) is 19.6. The number of carbonyl (C=O) groups is 3. The molecule has 1 heterocycles. The van der Waals surface area contributed by atoms with E-state index in [4.69, 9.17) is 25.5 Å². The summed E-state index contributed by atoms with van der Waals surface area (Å²) in [6.07, 6.45) is -4.74. The van der Waals surface area contributed by atoms with Crippen LogP contribution in [0.25, 0.3) is 0 Å². The second-order valence-electron chi connectivity index (χ2n) is 8.18. The number of imidazole rings is 1. The van der Waals surface area contributed by atoms with Crippen LogP contribution in [0.15, 0.2) is 78.2 Å². The van der Waals surface area contributed by atoms with Crippen LogP contribution in [0.4, 0.5) is 26.3 Å². The molecule has 0 saturated carbocycles. The molecule has 10 nitrogen and oxygen atoms in total. The molecular formula is C26H27F6N5O5. The van der Waals surface area contributed by atoms with E-state index in [9.17, 15) is 31.1 Å². The predicted octanol–water partition coefficient (Wildman–Crippen LogP) is 4.26. The average Bonchev–Trinajstić information content (AvgIpc) is 3.44. The van der Waals surface area contributed by atoms with Gasteiger partial charge in [-0.05, 0) is 24.0 Å². The number of aliphatic imine (C=N–C) groups is 1. The van der Waals surface area contributed by atoms with Gasteiger partial charge in [-0.15, -0.1) is 0 Å². The minimum Gasteiger partial charge on any atom is -0.475 e. The van der Waals surface area contributed by atoms with Crippen molar-refractivity contribution in [1.82, 2.24) is 15.3 Å². The fourth-order valence-electron chi connectivity index (χ4n) is 3.11. The van der Waals surface area contributed by atoms with Gasteiger partial charge in [-0.2, -0.15) is 26.3 Å². The maximum atomic E-state index is 12.5. The highest BCUT2D eigenvalue weighted by Gasteiger charge is 2.38. The van der Waals surface area contributed by atoms with Crippen LogP contribution in [-0.2, 0) is 20.8 Å². The first-order valence-corrected chi connectivity index (χ1v) is 11.9. The van der Waals surface area contributed by atoms with Crippen molar-refractivity contribution in [2.75, 3.05) is 6.54 Å². The van der Waals surface area contributed by atoms with Crippen LogP contribution in [0, 0.1) is 0 Å². The minimum absolute atomic E-state index is 0.0319. The Hall–Kier alpha value is -4.89. The summed E-state index contributed by atoms with van der Waals surface area (Å²) in [7, 11) is 0. The van der Waals surface area contributed by atoms with E-state index >= 15 is 0 Å². The predicted molar refractivity (Wildman–Crippen MR) is 138 cm³/mol. The topological polar surface area (TPSA) is 171 Å². The van der Waals surface area contributed by atoms with E-state index in [1.807, 2.05) is 60.7 Å². The summed E-state index contributed by atoms with van der Waals surface area (Å²) in [5, 5.41) is 17.0. The molecule has 0 bridgehead atoms. The molecule has 2 aromatic carbocycles. The third-order valence-corrected chi connectivity index (χ3v) is 4.99. The molecule has 228 valence electrons. The van der Waals surface area contributed by atoms with Crippen LogP contribution in [0.5, 0.6) is 0 Å². The van der Waals surface area contributed by atoms with Crippen LogP contribution >= 0.6 is 0 Å². The number of carbonyl (C=O) groups excluding carboxylic acids is 1. The van der Waals surface area contributed by atoms with Crippen molar-refractivity contribution in [3.63, 3.8) is 0 Å². The largest absolute Gasteiger partial charge is 0.490 e. The first kappa shape index (κ1) is 35.1. The van der Waals surface area contributed by atoms with E-state index in [0.717, 1.165) is 29.7 Å². The van der Waals surface area contributed by atoms with E-state index in [1.54, 1.807) is 12.5 Å². The highest BCUT2D eigenvalue weighted by Crippen LogP contribution is 2.27. The number of benzene rings is 2. The van der Waals surface area contributed by atoms with Crippen LogP contribution in [0.3, 0.4) is 0 Å². The number of aromatic amines is 1. The Morgan fingerprint density at radius 3 is 1.71 bits per heavy atom. The number of alkyl halides is 6. The Bertz CT molecular complexity index is 1200. The summed E-state index contributed by atoms with van der Waals surface area (Å²) in [6, 6.07) is 20.0. The molecule has 0 aliphatic carbocycles. The third kappa shape index (κ3) is 14.5. The van der Waals surface area contributed by atoms with E-state index < -0.39 is 24.3 Å². The number of aliphatic carboxylic acids is 2. The number of aromatic nitrogens is 2. The summed E-state index contributed by atoms with van der Waals surface area (Å²) in [6.45, 7) is 0.548. The number of aryl methyl sites for hydroxylation is 1. The summed E-state index contributed by atoms with van der Waals surface area (Å²) < 4.78 is 63.5. The number of carboxylic acid groups (broad SMARTS) is 2. The van der Waals surface area contributed by atoms with Crippen LogP contribution < -0.4 is 11.1 Å². The van der Waals surface area contributed by atoms with Gasteiger partial charge in [-0.1, -0.05) is 60.7 Å². The molecule has 0 aliphatic rings. The Balaban J connectivity index is 0.000000522. The molecule has 0 fully saturated rings. The van der Waals surface area contributed by atoms with Crippen molar-refractivity contribution in [3.8, 4) is 0 Å².